The molecular weight excluding hydrogens is 311 g/mol. The van der Waals surface area contributed by atoms with Gasteiger partial charge in [0.2, 0.25) is 0 Å². The van der Waals surface area contributed by atoms with Gasteiger partial charge in [0.25, 0.3) is 0 Å². The van der Waals surface area contributed by atoms with E-state index in [0.717, 1.165) is 9.35 Å². The van der Waals surface area contributed by atoms with Gasteiger partial charge in [-0.3, -0.25) is 4.79 Å². The summed E-state index contributed by atoms with van der Waals surface area (Å²) in [5.74, 6) is 0.241. The number of Topliss-reactive ketones (excluding diaryl/α,β-unsaturated/α-hetero) is 1. The minimum atomic E-state index is -0.0467. The van der Waals surface area contributed by atoms with E-state index in [-0.39, 0.29) is 11.5 Å². The van der Waals surface area contributed by atoms with Crippen molar-refractivity contribution in [2.45, 2.75) is 11.3 Å². The maximum absolute atomic E-state index is 12.0. The summed E-state index contributed by atoms with van der Waals surface area (Å²) in [5.41, 5.74) is 0.481. The number of thioether (sulfide) groups is 1. The molecule has 0 amide bonds. The molecule has 1 aromatic carbocycles. The maximum Gasteiger partial charge on any atom is 0.174 e. The second-order valence-corrected chi connectivity index (χ2v) is 6.67. The van der Waals surface area contributed by atoms with Gasteiger partial charge in [-0.2, -0.15) is 0 Å². The Kier molecular flexibility index (Phi) is 4.61. The number of hydrogen-bond acceptors (Lipinski definition) is 5. The Hall–Kier alpha value is -0.620. The molecule has 3 nitrogen and oxygen atoms in total. The second kappa shape index (κ2) is 6.02. The molecule has 0 radical (unpaired) electrons. The Bertz CT molecular complexity index is 586. The van der Waals surface area contributed by atoms with Crippen LogP contribution in [0, 0.1) is 6.92 Å². The van der Waals surface area contributed by atoms with Gasteiger partial charge < -0.3 is 0 Å². The van der Waals surface area contributed by atoms with E-state index in [1.165, 1.54) is 23.1 Å². The normalized spacial score (nSPS) is 10.6. The zero-order valence-electron chi connectivity index (χ0n) is 9.31. The molecule has 0 fully saturated rings. The molecule has 0 spiro atoms. The second-order valence-electron chi connectivity index (χ2n) is 3.42. The van der Waals surface area contributed by atoms with Crippen molar-refractivity contribution in [3.63, 3.8) is 0 Å². The third-order valence-electron chi connectivity index (χ3n) is 2.07. The third-order valence-corrected chi connectivity index (χ3v) is 4.59. The molecule has 0 aliphatic carbocycles. The van der Waals surface area contributed by atoms with Crippen LogP contribution < -0.4 is 0 Å². The Balaban J connectivity index is 2.03. The van der Waals surface area contributed by atoms with E-state index in [1.54, 1.807) is 18.2 Å². The summed E-state index contributed by atoms with van der Waals surface area (Å²) in [6.07, 6.45) is 0. The van der Waals surface area contributed by atoms with E-state index in [4.69, 9.17) is 23.2 Å². The zero-order valence-corrected chi connectivity index (χ0v) is 12.5. The Morgan fingerprint density at radius 3 is 2.78 bits per heavy atom. The summed E-state index contributed by atoms with van der Waals surface area (Å²) in [5, 5.41) is 9.61. The Morgan fingerprint density at radius 1 is 1.39 bits per heavy atom. The number of hydrogen-bond donors (Lipinski definition) is 0. The molecule has 7 heteroatoms. The molecular formula is C11H8Cl2N2OS2. The molecule has 1 heterocycles. The van der Waals surface area contributed by atoms with Crippen LogP contribution in [0.1, 0.15) is 15.4 Å². The zero-order chi connectivity index (χ0) is 13.1. The number of carbonyl (C=O) groups is 1. The van der Waals surface area contributed by atoms with Crippen molar-refractivity contribution in [3.8, 4) is 0 Å². The summed E-state index contributed by atoms with van der Waals surface area (Å²) in [6.45, 7) is 1.87. The number of aromatic nitrogens is 2. The first-order valence-corrected chi connectivity index (χ1v) is 7.53. The van der Waals surface area contributed by atoms with Crippen molar-refractivity contribution in [1.82, 2.24) is 10.2 Å². The van der Waals surface area contributed by atoms with Crippen LogP contribution in [-0.2, 0) is 0 Å². The number of carbonyl (C=O) groups excluding carboxylic acids is 1. The lowest BCUT2D eigenvalue weighted by Gasteiger charge is -2.02. The standard InChI is InChI=1S/C11H8Cl2N2OS2/c1-6-14-15-11(18-6)17-5-10(16)8-3-2-7(12)4-9(8)13/h2-4H,5H2,1H3. The number of halogens is 2. The SMILES string of the molecule is Cc1nnc(SCC(=O)c2ccc(Cl)cc2Cl)s1. The predicted molar refractivity (Wildman–Crippen MR) is 76.2 cm³/mol. The van der Waals surface area contributed by atoms with Gasteiger partial charge in [0.15, 0.2) is 10.1 Å². The van der Waals surface area contributed by atoms with E-state index >= 15 is 0 Å². The van der Waals surface area contributed by atoms with Crippen LogP contribution in [0.4, 0.5) is 0 Å². The summed E-state index contributed by atoms with van der Waals surface area (Å²) in [4.78, 5) is 12.0. The van der Waals surface area contributed by atoms with Crippen molar-refractivity contribution >= 4 is 52.1 Å². The summed E-state index contributed by atoms with van der Waals surface area (Å²) >= 11 is 14.6. The van der Waals surface area contributed by atoms with Crippen molar-refractivity contribution in [2.24, 2.45) is 0 Å². The van der Waals surface area contributed by atoms with E-state index in [0.29, 0.717) is 15.6 Å². The van der Waals surface area contributed by atoms with Crippen LogP contribution in [0.25, 0.3) is 0 Å². The molecule has 0 bridgehead atoms. The fourth-order valence-electron chi connectivity index (χ4n) is 1.26. The van der Waals surface area contributed by atoms with Crippen LogP contribution in [0.5, 0.6) is 0 Å². The summed E-state index contributed by atoms with van der Waals surface area (Å²) in [6, 6.07) is 4.86. The highest BCUT2D eigenvalue weighted by molar-refractivity contribution is 8.01. The van der Waals surface area contributed by atoms with E-state index < -0.39 is 0 Å². The molecule has 2 rings (SSSR count). The monoisotopic (exact) mass is 318 g/mol. The van der Waals surface area contributed by atoms with Gasteiger partial charge >= 0.3 is 0 Å². The van der Waals surface area contributed by atoms with Crippen molar-refractivity contribution in [2.75, 3.05) is 5.75 Å². The van der Waals surface area contributed by atoms with Gasteiger partial charge in [-0.1, -0.05) is 46.3 Å². The van der Waals surface area contributed by atoms with Crippen LogP contribution in [0.15, 0.2) is 22.5 Å². The van der Waals surface area contributed by atoms with Crippen LogP contribution in [0.2, 0.25) is 10.0 Å². The fraction of sp³-hybridized carbons (Fsp3) is 0.182. The molecule has 0 saturated carbocycles. The van der Waals surface area contributed by atoms with Crippen molar-refractivity contribution in [3.05, 3.63) is 38.8 Å². The molecule has 0 unspecified atom stereocenters. The molecule has 2 aromatic rings. The van der Waals surface area contributed by atoms with E-state index in [9.17, 15) is 4.79 Å². The number of rotatable bonds is 4. The van der Waals surface area contributed by atoms with Crippen LogP contribution >= 0.6 is 46.3 Å². The quantitative estimate of drug-likeness (QED) is 0.628. The number of nitrogens with zero attached hydrogens (tertiary/aromatic N) is 2. The Morgan fingerprint density at radius 2 is 2.17 bits per heavy atom. The van der Waals surface area contributed by atoms with Crippen LogP contribution in [0.3, 0.4) is 0 Å². The minimum Gasteiger partial charge on any atom is -0.293 e. The van der Waals surface area contributed by atoms with Crippen LogP contribution in [-0.4, -0.2) is 21.7 Å². The summed E-state index contributed by atoms with van der Waals surface area (Å²) < 4.78 is 0.783. The highest BCUT2D eigenvalue weighted by Gasteiger charge is 2.12. The lowest BCUT2D eigenvalue weighted by Crippen LogP contribution is -2.03. The van der Waals surface area contributed by atoms with E-state index in [1.807, 2.05) is 6.92 Å². The Labute approximate surface area is 123 Å². The number of aryl methyl sites for hydroxylation is 1. The first kappa shape index (κ1) is 13.8. The lowest BCUT2D eigenvalue weighted by molar-refractivity contribution is 0.102. The van der Waals surface area contributed by atoms with Gasteiger partial charge in [0.05, 0.1) is 10.8 Å². The lowest BCUT2D eigenvalue weighted by atomic mass is 10.1. The molecule has 0 aliphatic rings. The fourth-order valence-corrected chi connectivity index (χ4v) is 3.47. The molecule has 1 aromatic heterocycles. The largest absolute Gasteiger partial charge is 0.293 e. The molecule has 0 atom stereocenters. The average Bonchev–Trinajstić information content (AvgIpc) is 2.72. The molecule has 94 valence electrons. The van der Waals surface area contributed by atoms with Crippen molar-refractivity contribution < 1.29 is 4.79 Å². The minimum absolute atomic E-state index is 0.0467. The smallest absolute Gasteiger partial charge is 0.174 e. The molecule has 0 aliphatic heterocycles. The molecule has 0 saturated heterocycles. The highest BCUT2D eigenvalue weighted by Crippen LogP contribution is 2.26. The first-order valence-electron chi connectivity index (χ1n) is 4.97. The average molecular weight is 319 g/mol. The van der Waals surface area contributed by atoms with E-state index in [2.05, 4.69) is 10.2 Å². The highest BCUT2D eigenvalue weighted by atomic mass is 35.5. The van der Waals surface area contributed by atoms with Gasteiger partial charge in [-0.15, -0.1) is 10.2 Å². The third kappa shape index (κ3) is 3.45. The number of benzene rings is 1. The van der Waals surface area contributed by atoms with Crippen molar-refractivity contribution in [1.29, 1.82) is 0 Å². The maximum atomic E-state index is 12.0. The van der Waals surface area contributed by atoms with Gasteiger partial charge in [-0.25, -0.2) is 0 Å². The first-order chi connectivity index (χ1) is 8.56. The van der Waals surface area contributed by atoms with Gasteiger partial charge in [0.1, 0.15) is 5.01 Å². The van der Waals surface area contributed by atoms with Gasteiger partial charge in [0, 0.05) is 10.6 Å². The summed E-state index contributed by atoms with van der Waals surface area (Å²) in [7, 11) is 0. The van der Waals surface area contributed by atoms with Gasteiger partial charge in [-0.05, 0) is 25.1 Å². The predicted octanol–water partition coefficient (Wildman–Crippen LogP) is 4.13. The number of ketones is 1. The molecule has 18 heavy (non-hydrogen) atoms. The molecule has 0 N–H and O–H groups in total. The topological polar surface area (TPSA) is 42.9 Å².